The minimum absolute atomic E-state index is 0.111. The third-order valence-corrected chi connectivity index (χ3v) is 4.34. The molecular formula is C16H22N2O. The fraction of sp³-hybridized carbons (Fsp3) is 0.562. The van der Waals surface area contributed by atoms with Crippen molar-refractivity contribution >= 4 is 11.6 Å². The molecule has 0 radical (unpaired) electrons. The summed E-state index contributed by atoms with van der Waals surface area (Å²) in [5.41, 5.74) is 2.47. The highest BCUT2D eigenvalue weighted by Gasteiger charge is 2.30. The van der Waals surface area contributed by atoms with Crippen LogP contribution in [0.4, 0.5) is 5.69 Å². The van der Waals surface area contributed by atoms with Crippen molar-refractivity contribution in [3.63, 3.8) is 0 Å². The molecule has 2 aliphatic heterocycles. The Morgan fingerprint density at radius 3 is 3.05 bits per heavy atom. The van der Waals surface area contributed by atoms with Crippen LogP contribution in [0.25, 0.3) is 0 Å². The topological polar surface area (TPSA) is 32.3 Å². The van der Waals surface area contributed by atoms with E-state index in [9.17, 15) is 4.79 Å². The minimum Gasteiger partial charge on any atom is -0.384 e. The van der Waals surface area contributed by atoms with E-state index in [0.29, 0.717) is 11.8 Å². The summed E-state index contributed by atoms with van der Waals surface area (Å²) < 4.78 is 0. The molecule has 0 saturated carbocycles. The van der Waals surface area contributed by atoms with Crippen molar-refractivity contribution in [2.24, 2.45) is 11.8 Å². The van der Waals surface area contributed by atoms with E-state index in [-0.39, 0.29) is 5.92 Å². The molecule has 1 aromatic carbocycles. The Labute approximate surface area is 115 Å². The van der Waals surface area contributed by atoms with Crippen molar-refractivity contribution in [2.45, 2.75) is 26.2 Å². The highest BCUT2D eigenvalue weighted by atomic mass is 16.2. The van der Waals surface area contributed by atoms with E-state index in [2.05, 4.69) is 35.3 Å². The molecule has 3 nitrogen and oxygen atoms in total. The predicted molar refractivity (Wildman–Crippen MR) is 77.1 cm³/mol. The fourth-order valence-corrected chi connectivity index (χ4v) is 3.26. The highest BCUT2D eigenvalue weighted by Crippen LogP contribution is 2.26. The molecule has 3 rings (SSSR count). The van der Waals surface area contributed by atoms with Gasteiger partial charge in [-0.1, -0.05) is 25.1 Å². The Morgan fingerprint density at radius 1 is 1.37 bits per heavy atom. The minimum atomic E-state index is 0.111. The van der Waals surface area contributed by atoms with Crippen LogP contribution in [0.1, 0.15) is 25.3 Å². The number of rotatable bonds is 1. The van der Waals surface area contributed by atoms with E-state index in [4.69, 9.17) is 0 Å². The molecular weight excluding hydrogens is 236 g/mol. The lowest BCUT2D eigenvalue weighted by Gasteiger charge is -2.35. The molecule has 1 fully saturated rings. The molecule has 1 N–H and O–H groups in total. The Morgan fingerprint density at radius 2 is 2.21 bits per heavy atom. The summed E-state index contributed by atoms with van der Waals surface area (Å²) in [4.78, 5) is 14.7. The Hall–Kier alpha value is -1.51. The zero-order chi connectivity index (χ0) is 13.2. The van der Waals surface area contributed by atoms with Gasteiger partial charge in [-0.2, -0.15) is 0 Å². The lowest BCUT2D eigenvalue weighted by Crippen LogP contribution is -2.45. The standard InChI is InChI=1S/C16H22N2O/c1-12-5-4-8-18(11-12)16(19)14-9-13-6-2-3-7-15(13)17-10-14/h2-3,6-7,12,14,17H,4-5,8-11H2,1H3. The third-order valence-electron chi connectivity index (χ3n) is 4.34. The summed E-state index contributed by atoms with van der Waals surface area (Å²) in [6.07, 6.45) is 3.30. The smallest absolute Gasteiger partial charge is 0.227 e. The number of carbonyl (C=O) groups excluding carboxylic acids is 1. The molecule has 2 heterocycles. The number of anilines is 1. The van der Waals surface area contributed by atoms with E-state index in [1.165, 1.54) is 17.7 Å². The van der Waals surface area contributed by atoms with Crippen molar-refractivity contribution in [3.8, 4) is 0 Å². The molecule has 1 saturated heterocycles. The molecule has 0 aliphatic carbocycles. The highest BCUT2D eigenvalue weighted by molar-refractivity contribution is 5.81. The van der Waals surface area contributed by atoms with E-state index < -0.39 is 0 Å². The molecule has 2 unspecified atom stereocenters. The second-order valence-corrected chi connectivity index (χ2v) is 5.97. The van der Waals surface area contributed by atoms with Crippen LogP contribution in [0.15, 0.2) is 24.3 Å². The molecule has 0 bridgehead atoms. The maximum absolute atomic E-state index is 12.6. The Bertz CT molecular complexity index is 472. The van der Waals surface area contributed by atoms with Gasteiger partial charge in [-0.3, -0.25) is 4.79 Å². The number of nitrogens with one attached hydrogen (secondary N) is 1. The largest absolute Gasteiger partial charge is 0.384 e. The first-order valence-corrected chi connectivity index (χ1v) is 7.34. The number of benzene rings is 1. The SMILES string of the molecule is CC1CCCN(C(=O)C2CNc3ccccc3C2)C1. The second-order valence-electron chi connectivity index (χ2n) is 5.97. The molecule has 102 valence electrons. The van der Waals surface area contributed by atoms with E-state index in [1.54, 1.807) is 0 Å². The summed E-state index contributed by atoms with van der Waals surface area (Å²) >= 11 is 0. The summed E-state index contributed by atoms with van der Waals surface area (Å²) in [6.45, 7) is 4.91. The van der Waals surface area contributed by atoms with Crippen LogP contribution in [0.2, 0.25) is 0 Å². The van der Waals surface area contributed by atoms with Crippen LogP contribution in [-0.4, -0.2) is 30.4 Å². The molecule has 3 heteroatoms. The molecule has 1 aromatic rings. The lowest BCUT2D eigenvalue weighted by atomic mass is 9.91. The number of carbonyl (C=O) groups is 1. The summed E-state index contributed by atoms with van der Waals surface area (Å²) in [7, 11) is 0. The first-order valence-electron chi connectivity index (χ1n) is 7.34. The number of fused-ring (bicyclic) bond motifs is 1. The maximum Gasteiger partial charge on any atom is 0.227 e. The fourth-order valence-electron chi connectivity index (χ4n) is 3.26. The second kappa shape index (κ2) is 5.24. The quantitative estimate of drug-likeness (QED) is 0.839. The van der Waals surface area contributed by atoms with Gasteiger partial charge in [0.05, 0.1) is 5.92 Å². The van der Waals surface area contributed by atoms with Gasteiger partial charge in [0, 0.05) is 25.3 Å². The number of likely N-dealkylation sites (tertiary alicyclic amines) is 1. The van der Waals surface area contributed by atoms with Crippen molar-refractivity contribution in [1.82, 2.24) is 4.90 Å². The third kappa shape index (κ3) is 2.60. The molecule has 2 atom stereocenters. The molecule has 19 heavy (non-hydrogen) atoms. The number of para-hydroxylation sites is 1. The van der Waals surface area contributed by atoms with Crippen LogP contribution in [-0.2, 0) is 11.2 Å². The monoisotopic (exact) mass is 258 g/mol. The first-order chi connectivity index (χ1) is 9.24. The van der Waals surface area contributed by atoms with E-state index >= 15 is 0 Å². The van der Waals surface area contributed by atoms with Gasteiger partial charge in [0.2, 0.25) is 5.91 Å². The van der Waals surface area contributed by atoms with Gasteiger partial charge in [0.15, 0.2) is 0 Å². The summed E-state index contributed by atoms with van der Waals surface area (Å²) in [5.74, 6) is 1.11. The van der Waals surface area contributed by atoms with Gasteiger partial charge in [0.25, 0.3) is 0 Å². The van der Waals surface area contributed by atoms with Crippen molar-refractivity contribution < 1.29 is 4.79 Å². The number of amides is 1. The van der Waals surface area contributed by atoms with Crippen molar-refractivity contribution in [1.29, 1.82) is 0 Å². The number of hydrogen-bond donors (Lipinski definition) is 1. The summed E-state index contributed by atoms with van der Waals surface area (Å²) in [5, 5.41) is 3.40. The van der Waals surface area contributed by atoms with Crippen molar-refractivity contribution in [2.75, 3.05) is 25.0 Å². The van der Waals surface area contributed by atoms with Gasteiger partial charge in [0.1, 0.15) is 0 Å². The number of piperidine rings is 1. The average molecular weight is 258 g/mol. The van der Waals surface area contributed by atoms with Crippen LogP contribution in [0, 0.1) is 11.8 Å². The van der Waals surface area contributed by atoms with Gasteiger partial charge < -0.3 is 10.2 Å². The molecule has 0 spiro atoms. The lowest BCUT2D eigenvalue weighted by molar-refractivity contribution is -0.136. The van der Waals surface area contributed by atoms with Gasteiger partial charge >= 0.3 is 0 Å². The molecule has 1 amide bonds. The van der Waals surface area contributed by atoms with Crippen LogP contribution >= 0.6 is 0 Å². The van der Waals surface area contributed by atoms with Gasteiger partial charge in [-0.15, -0.1) is 0 Å². The summed E-state index contributed by atoms with van der Waals surface area (Å²) in [6, 6.07) is 8.32. The zero-order valence-electron chi connectivity index (χ0n) is 11.6. The van der Waals surface area contributed by atoms with Crippen LogP contribution in [0.3, 0.4) is 0 Å². The maximum atomic E-state index is 12.6. The van der Waals surface area contributed by atoms with Crippen molar-refractivity contribution in [3.05, 3.63) is 29.8 Å². The van der Waals surface area contributed by atoms with Crippen LogP contribution < -0.4 is 5.32 Å². The molecule has 0 aromatic heterocycles. The van der Waals surface area contributed by atoms with Crippen LogP contribution in [0.5, 0.6) is 0 Å². The predicted octanol–water partition coefficient (Wildman–Crippen LogP) is 2.53. The van der Waals surface area contributed by atoms with Gasteiger partial charge in [-0.25, -0.2) is 0 Å². The average Bonchev–Trinajstić information content (AvgIpc) is 2.46. The Kier molecular flexibility index (Phi) is 3.45. The first kappa shape index (κ1) is 12.5. The van der Waals surface area contributed by atoms with E-state index in [0.717, 1.165) is 32.5 Å². The van der Waals surface area contributed by atoms with Gasteiger partial charge in [-0.05, 0) is 36.8 Å². The normalized spacial score (nSPS) is 26.5. The van der Waals surface area contributed by atoms with E-state index in [1.807, 2.05) is 6.07 Å². The molecule has 2 aliphatic rings. The number of hydrogen-bond acceptors (Lipinski definition) is 2. The zero-order valence-corrected chi connectivity index (χ0v) is 11.6. The Balaban J connectivity index is 1.69. The number of nitrogens with zero attached hydrogens (tertiary/aromatic N) is 1.